The van der Waals surface area contributed by atoms with Gasteiger partial charge in [-0.05, 0) is 18.6 Å². The number of halogens is 4. The van der Waals surface area contributed by atoms with E-state index < -0.39 is 29.1 Å². The monoisotopic (exact) mass is 278 g/mol. The van der Waals surface area contributed by atoms with Gasteiger partial charge in [0.2, 0.25) is 0 Å². The van der Waals surface area contributed by atoms with E-state index >= 15 is 0 Å². The highest BCUT2D eigenvalue weighted by molar-refractivity contribution is 5.90. The molecule has 0 saturated carbocycles. The van der Waals surface area contributed by atoms with Gasteiger partial charge in [0.1, 0.15) is 5.82 Å². The molecule has 0 aliphatic rings. The van der Waals surface area contributed by atoms with Gasteiger partial charge in [0.15, 0.2) is 0 Å². The van der Waals surface area contributed by atoms with E-state index in [1.54, 1.807) is 0 Å². The Balaban J connectivity index is 2.81. The van der Waals surface area contributed by atoms with Gasteiger partial charge in [-0.15, -0.1) is 0 Å². The maximum atomic E-state index is 13.6. The predicted octanol–water partition coefficient (Wildman–Crippen LogP) is 4.19. The van der Waals surface area contributed by atoms with E-state index in [1.807, 2.05) is 6.92 Å². The Morgan fingerprint density at radius 2 is 1.95 bits per heavy atom. The highest BCUT2D eigenvalue weighted by atomic mass is 19.4. The number of unbranched alkanes of at least 4 members (excludes halogenated alkanes) is 2. The van der Waals surface area contributed by atoms with Crippen molar-refractivity contribution in [2.45, 2.75) is 32.4 Å². The predicted molar refractivity (Wildman–Crippen MR) is 61.2 cm³/mol. The summed E-state index contributed by atoms with van der Waals surface area (Å²) in [6, 6.07) is 2.55. The summed E-state index contributed by atoms with van der Waals surface area (Å²) in [5.41, 5.74) is -2.15. The highest BCUT2D eigenvalue weighted by Gasteiger charge is 2.35. The molecule has 0 aromatic heterocycles. The van der Waals surface area contributed by atoms with E-state index in [1.165, 1.54) is 0 Å². The molecular weight excluding hydrogens is 264 g/mol. The smallest absolute Gasteiger partial charge is 0.419 e. The summed E-state index contributed by atoms with van der Waals surface area (Å²) < 4.78 is 55.7. The van der Waals surface area contributed by atoms with E-state index in [0.717, 1.165) is 25.0 Å². The van der Waals surface area contributed by atoms with Crippen molar-refractivity contribution < 1.29 is 27.1 Å². The quantitative estimate of drug-likeness (QED) is 0.458. The van der Waals surface area contributed by atoms with Gasteiger partial charge in [-0.1, -0.05) is 25.8 Å². The zero-order valence-electron chi connectivity index (χ0n) is 10.4. The van der Waals surface area contributed by atoms with Crippen LogP contribution < -0.4 is 0 Å². The number of carbonyl (C=O) groups is 1. The van der Waals surface area contributed by atoms with Crippen LogP contribution in [0.4, 0.5) is 17.6 Å². The lowest BCUT2D eigenvalue weighted by atomic mass is 10.1. The first-order valence-electron chi connectivity index (χ1n) is 5.90. The third kappa shape index (κ3) is 4.22. The largest absolute Gasteiger partial charge is 0.462 e. The van der Waals surface area contributed by atoms with E-state index in [9.17, 15) is 22.4 Å². The van der Waals surface area contributed by atoms with Gasteiger partial charge in [0.05, 0.1) is 17.7 Å². The highest BCUT2D eigenvalue weighted by Crippen LogP contribution is 2.32. The molecule has 0 spiro atoms. The van der Waals surface area contributed by atoms with Gasteiger partial charge in [-0.25, -0.2) is 9.18 Å². The van der Waals surface area contributed by atoms with Gasteiger partial charge >= 0.3 is 12.1 Å². The molecule has 0 saturated heterocycles. The topological polar surface area (TPSA) is 26.3 Å². The molecule has 0 aliphatic carbocycles. The first-order valence-corrected chi connectivity index (χ1v) is 5.90. The second kappa shape index (κ2) is 6.54. The molecule has 106 valence electrons. The van der Waals surface area contributed by atoms with Crippen molar-refractivity contribution >= 4 is 5.97 Å². The molecule has 1 rings (SSSR count). The standard InChI is InChI=1S/C13H14F4O2/c1-2-3-4-8-19-12(18)9-6-5-7-10(11(9)14)13(15,16)17/h5-7H,2-4,8H2,1H3. The third-order valence-corrected chi connectivity index (χ3v) is 2.51. The molecule has 0 aliphatic heterocycles. The van der Waals surface area contributed by atoms with Crippen molar-refractivity contribution in [3.63, 3.8) is 0 Å². The fourth-order valence-corrected chi connectivity index (χ4v) is 1.50. The Morgan fingerprint density at radius 3 is 2.53 bits per heavy atom. The number of rotatable bonds is 5. The van der Waals surface area contributed by atoms with Crippen LogP contribution >= 0.6 is 0 Å². The van der Waals surface area contributed by atoms with Crippen molar-refractivity contribution in [3.8, 4) is 0 Å². The fraction of sp³-hybridized carbons (Fsp3) is 0.462. The Labute approximate surface area is 108 Å². The number of carbonyl (C=O) groups excluding carboxylic acids is 1. The SMILES string of the molecule is CCCCCOC(=O)c1cccc(C(F)(F)F)c1F. The van der Waals surface area contributed by atoms with Gasteiger partial charge in [-0.2, -0.15) is 13.2 Å². The van der Waals surface area contributed by atoms with Crippen LogP contribution in [-0.2, 0) is 10.9 Å². The van der Waals surface area contributed by atoms with E-state index in [2.05, 4.69) is 0 Å². The van der Waals surface area contributed by atoms with Crippen molar-refractivity contribution in [1.29, 1.82) is 0 Å². The lowest BCUT2D eigenvalue weighted by molar-refractivity contribution is -0.140. The van der Waals surface area contributed by atoms with Gasteiger partial charge in [-0.3, -0.25) is 0 Å². The van der Waals surface area contributed by atoms with Crippen LogP contribution in [0, 0.1) is 5.82 Å². The molecule has 0 radical (unpaired) electrons. The molecule has 0 unspecified atom stereocenters. The molecule has 19 heavy (non-hydrogen) atoms. The number of alkyl halides is 3. The van der Waals surface area contributed by atoms with Crippen LogP contribution in [0.2, 0.25) is 0 Å². The van der Waals surface area contributed by atoms with Crippen LogP contribution in [0.3, 0.4) is 0 Å². The number of benzene rings is 1. The molecule has 2 nitrogen and oxygen atoms in total. The Bertz CT molecular complexity index is 441. The second-order valence-corrected chi connectivity index (χ2v) is 4.01. The van der Waals surface area contributed by atoms with Crippen molar-refractivity contribution in [2.24, 2.45) is 0 Å². The van der Waals surface area contributed by atoms with E-state index in [-0.39, 0.29) is 6.61 Å². The molecule has 0 N–H and O–H groups in total. The summed E-state index contributed by atoms with van der Waals surface area (Å²) >= 11 is 0. The van der Waals surface area contributed by atoms with Crippen LogP contribution in [0.1, 0.15) is 42.1 Å². The molecule has 0 heterocycles. The maximum absolute atomic E-state index is 13.6. The summed E-state index contributed by atoms with van der Waals surface area (Å²) in [6.07, 6.45) is -2.49. The molecule has 6 heteroatoms. The molecule has 0 atom stereocenters. The van der Waals surface area contributed by atoms with Gasteiger partial charge < -0.3 is 4.74 Å². The molecule has 1 aromatic carbocycles. The van der Waals surface area contributed by atoms with E-state index in [4.69, 9.17) is 4.74 Å². The van der Waals surface area contributed by atoms with Crippen LogP contribution in [0.15, 0.2) is 18.2 Å². The summed E-state index contributed by atoms with van der Waals surface area (Å²) in [7, 11) is 0. The Morgan fingerprint density at radius 1 is 1.26 bits per heavy atom. The number of hydrogen-bond donors (Lipinski definition) is 0. The minimum atomic E-state index is -4.83. The average Bonchev–Trinajstić information content (AvgIpc) is 2.33. The zero-order chi connectivity index (χ0) is 14.5. The summed E-state index contributed by atoms with van der Waals surface area (Å²) in [5, 5.41) is 0. The van der Waals surface area contributed by atoms with Gasteiger partial charge in [0.25, 0.3) is 0 Å². The van der Waals surface area contributed by atoms with Gasteiger partial charge in [0, 0.05) is 0 Å². The fourth-order valence-electron chi connectivity index (χ4n) is 1.50. The minimum absolute atomic E-state index is 0.0718. The molecule has 0 fully saturated rings. The van der Waals surface area contributed by atoms with E-state index in [0.29, 0.717) is 12.5 Å². The number of ether oxygens (including phenoxy) is 1. The third-order valence-electron chi connectivity index (χ3n) is 2.51. The van der Waals surface area contributed by atoms with Crippen molar-refractivity contribution in [1.82, 2.24) is 0 Å². The zero-order valence-corrected chi connectivity index (χ0v) is 10.4. The molecule has 1 aromatic rings. The number of hydrogen-bond acceptors (Lipinski definition) is 2. The Kier molecular flexibility index (Phi) is 5.32. The Hall–Kier alpha value is -1.59. The maximum Gasteiger partial charge on any atom is 0.419 e. The molecular formula is C13H14F4O2. The first kappa shape index (κ1) is 15.5. The number of esters is 1. The summed E-state index contributed by atoms with van der Waals surface area (Å²) in [4.78, 5) is 11.5. The minimum Gasteiger partial charge on any atom is -0.462 e. The second-order valence-electron chi connectivity index (χ2n) is 4.01. The normalized spacial score (nSPS) is 11.4. The average molecular weight is 278 g/mol. The van der Waals surface area contributed by atoms with Crippen LogP contribution in [0.25, 0.3) is 0 Å². The van der Waals surface area contributed by atoms with Crippen LogP contribution in [0.5, 0.6) is 0 Å². The van der Waals surface area contributed by atoms with Crippen molar-refractivity contribution in [2.75, 3.05) is 6.61 Å². The first-order chi connectivity index (χ1) is 8.88. The molecule has 0 bridgehead atoms. The van der Waals surface area contributed by atoms with Crippen LogP contribution in [-0.4, -0.2) is 12.6 Å². The lowest BCUT2D eigenvalue weighted by Gasteiger charge is -2.10. The summed E-state index contributed by atoms with van der Waals surface area (Å²) in [5.74, 6) is -2.66. The summed E-state index contributed by atoms with van der Waals surface area (Å²) in [6.45, 7) is 2.02. The molecule has 0 amide bonds. The lowest BCUT2D eigenvalue weighted by Crippen LogP contribution is -2.14. The van der Waals surface area contributed by atoms with Crippen molar-refractivity contribution in [3.05, 3.63) is 35.1 Å².